The van der Waals surface area contributed by atoms with Gasteiger partial charge in [-0.1, -0.05) is 11.6 Å². The van der Waals surface area contributed by atoms with Crippen LogP contribution >= 0.6 is 27.5 Å². The summed E-state index contributed by atoms with van der Waals surface area (Å²) in [7, 11) is -1.77. The van der Waals surface area contributed by atoms with Crippen molar-refractivity contribution in [3.8, 4) is 5.75 Å². The van der Waals surface area contributed by atoms with Crippen molar-refractivity contribution in [3.05, 3.63) is 21.6 Å². The van der Waals surface area contributed by atoms with Gasteiger partial charge in [0.15, 0.2) is 0 Å². The molecule has 6 heteroatoms. The summed E-state index contributed by atoms with van der Waals surface area (Å²) in [6.07, 6.45) is 0. The van der Waals surface area contributed by atoms with Crippen LogP contribution in [0.4, 0.5) is 0 Å². The van der Waals surface area contributed by atoms with Crippen molar-refractivity contribution in [1.82, 2.24) is 0 Å². The number of hydrogen-bond acceptors (Lipinski definition) is 3. The summed E-state index contributed by atoms with van der Waals surface area (Å²) < 4.78 is 0.370. The second-order valence-electron chi connectivity index (χ2n) is 2.17. The topological polar surface area (TPSA) is 60.7 Å². The zero-order valence-corrected chi connectivity index (χ0v) is 8.17. The summed E-state index contributed by atoms with van der Waals surface area (Å²) in [6.45, 7) is 0. The molecule has 0 saturated heterocycles. The van der Waals surface area contributed by atoms with Gasteiger partial charge in [0.1, 0.15) is 5.75 Å². The van der Waals surface area contributed by atoms with Gasteiger partial charge in [0.25, 0.3) is 0 Å². The molecule has 0 heterocycles. The van der Waals surface area contributed by atoms with E-state index in [9.17, 15) is 5.11 Å². The Balaban J connectivity index is 3.33. The van der Waals surface area contributed by atoms with Crippen LogP contribution in [0.1, 0.15) is 0 Å². The van der Waals surface area contributed by atoms with Gasteiger partial charge in [0, 0.05) is 10.5 Å². The zero-order chi connectivity index (χ0) is 9.30. The summed E-state index contributed by atoms with van der Waals surface area (Å²) in [4.78, 5) is 0. The van der Waals surface area contributed by atoms with Crippen molar-refractivity contribution < 1.29 is 15.2 Å². The van der Waals surface area contributed by atoms with Crippen LogP contribution in [0.2, 0.25) is 5.02 Å². The normalized spacial score (nSPS) is 10.0. The Morgan fingerprint density at radius 1 is 1.33 bits per heavy atom. The summed E-state index contributed by atoms with van der Waals surface area (Å²) in [5, 5.41) is 27.0. The van der Waals surface area contributed by atoms with E-state index < -0.39 is 7.12 Å². The second-order valence-corrected chi connectivity index (χ2v) is 3.43. The van der Waals surface area contributed by atoms with Crippen LogP contribution in [0, 0.1) is 0 Å². The largest absolute Gasteiger partial charge is 0.507 e. The van der Waals surface area contributed by atoms with Crippen molar-refractivity contribution in [2.45, 2.75) is 0 Å². The van der Waals surface area contributed by atoms with Crippen LogP contribution in [-0.2, 0) is 0 Å². The molecule has 12 heavy (non-hydrogen) atoms. The van der Waals surface area contributed by atoms with Gasteiger partial charge in [-0.2, -0.15) is 0 Å². The van der Waals surface area contributed by atoms with E-state index in [-0.39, 0.29) is 16.2 Å². The van der Waals surface area contributed by atoms with Gasteiger partial charge in [-0.15, -0.1) is 0 Å². The summed E-state index contributed by atoms with van der Waals surface area (Å²) >= 11 is 8.61. The van der Waals surface area contributed by atoms with Crippen molar-refractivity contribution in [1.29, 1.82) is 0 Å². The van der Waals surface area contributed by atoms with E-state index in [1.165, 1.54) is 12.1 Å². The Kier molecular flexibility index (Phi) is 3.01. The SMILES string of the molecule is OB(O)c1c(Cl)ccc(Br)c1O. The molecule has 0 aliphatic rings. The van der Waals surface area contributed by atoms with E-state index in [1.54, 1.807) is 0 Å². The van der Waals surface area contributed by atoms with E-state index >= 15 is 0 Å². The van der Waals surface area contributed by atoms with Crippen molar-refractivity contribution in [3.63, 3.8) is 0 Å². The Labute approximate surface area is 82.9 Å². The van der Waals surface area contributed by atoms with Crippen molar-refractivity contribution in [2.75, 3.05) is 0 Å². The number of hydrogen-bond donors (Lipinski definition) is 3. The molecule has 0 atom stereocenters. The van der Waals surface area contributed by atoms with Crippen molar-refractivity contribution in [2.24, 2.45) is 0 Å². The number of phenols is 1. The molecule has 1 aromatic carbocycles. The highest BCUT2D eigenvalue weighted by Gasteiger charge is 2.21. The first-order chi connectivity index (χ1) is 5.54. The minimum Gasteiger partial charge on any atom is -0.507 e. The third-order valence-corrected chi connectivity index (χ3v) is 2.34. The number of rotatable bonds is 1. The van der Waals surface area contributed by atoms with E-state index in [2.05, 4.69) is 15.9 Å². The lowest BCUT2D eigenvalue weighted by molar-refractivity contribution is 0.419. The number of phenolic OH excluding ortho intramolecular Hbond substituents is 1. The summed E-state index contributed by atoms with van der Waals surface area (Å²) in [5.41, 5.74) is -0.0916. The molecule has 0 spiro atoms. The maximum atomic E-state index is 9.30. The molecule has 64 valence electrons. The van der Waals surface area contributed by atoms with Gasteiger partial charge >= 0.3 is 7.12 Å². The fraction of sp³-hybridized carbons (Fsp3) is 0. The van der Waals surface area contributed by atoms with Crippen LogP contribution in [0.25, 0.3) is 0 Å². The fourth-order valence-electron chi connectivity index (χ4n) is 0.802. The molecule has 0 amide bonds. The highest BCUT2D eigenvalue weighted by Crippen LogP contribution is 2.24. The first kappa shape index (κ1) is 9.86. The van der Waals surface area contributed by atoms with Gasteiger partial charge in [-0.05, 0) is 28.1 Å². The number of benzene rings is 1. The molecule has 0 fully saturated rings. The molecule has 0 bridgehead atoms. The van der Waals surface area contributed by atoms with Crippen molar-refractivity contribution >= 4 is 40.1 Å². The predicted molar refractivity (Wildman–Crippen MR) is 50.6 cm³/mol. The average molecular weight is 251 g/mol. The lowest BCUT2D eigenvalue weighted by Crippen LogP contribution is -2.31. The summed E-state index contributed by atoms with van der Waals surface area (Å²) in [5.74, 6) is -0.252. The Morgan fingerprint density at radius 2 is 1.92 bits per heavy atom. The Hall–Kier alpha value is -0.225. The third-order valence-electron chi connectivity index (χ3n) is 1.37. The van der Waals surface area contributed by atoms with E-state index in [0.717, 1.165) is 0 Å². The molecule has 1 aromatic rings. The molecule has 3 N–H and O–H groups in total. The molecule has 0 unspecified atom stereocenters. The van der Waals surface area contributed by atoms with Gasteiger partial charge in [-0.25, -0.2) is 0 Å². The lowest BCUT2D eigenvalue weighted by atomic mass is 9.79. The highest BCUT2D eigenvalue weighted by molar-refractivity contribution is 9.10. The molecule has 1 rings (SSSR count). The average Bonchev–Trinajstić information content (AvgIpc) is 1.97. The summed E-state index contributed by atoms with van der Waals surface area (Å²) in [6, 6.07) is 2.98. The highest BCUT2D eigenvalue weighted by atomic mass is 79.9. The smallest absolute Gasteiger partial charge is 0.493 e. The standard InChI is InChI=1S/C6H5BBrClO3/c8-3-1-2-4(9)5(6(3)10)7(11)12/h1-2,10-12H. The van der Waals surface area contributed by atoms with E-state index in [0.29, 0.717) is 4.47 Å². The maximum Gasteiger partial charge on any atom is 0.493 e. The molecule has 3 nitrogen and oxygen atoms in total. The molecule has 0 radical (unpaired) electrons. The molecule has 0 aliphatic heterocycles. The van der Waals surface area contributed by atoms with Crippen LogP contribution in [-0.4, -0.2) is 22.3 Å². The van der Waals surface area contributed by atoms with Crippen LogP contribution in [0.15, 0.2) is 16.6 Å². The monoisotopic (exact) mass is 250 g/mol. The fourth-order valence-corrected chi connectivity index (χ4v) is 1.40. The van der Waals surface area contributed by atoms with Crippen LogP contribution in [0.5, 0.6) is 5.75 Å². The van der Waals surface area contributed by atoms with Crippen LogP contribution < -0.4 is 5.46 Å². The Morgan fingerprint density at radius 3 is 2.33 bits per heavy atom. The lowest BCUT2D eigenvalue weighted by Gasteiger charge is -2.06. The minimum atomic E-state index is -1.77. The molecule has 0 saturated carbocycles. The van der Waals surface area contributed by atoms with E-state index in [4.69, 9.17) is 21.6 Å². The predicted octanol–water partition coefficient (Wildman–Crippen LogP) is 0.488. The van der Waals surface area contributed by atoms with E-state index in [1.807, 2.05) is 0 Å². The molecular weight excluding hydrogens is 246 g/mol. The third kappa shape index (κ3) is 1.74. The first-order valence-corrected chi connectivity index (χ1v) is 4.24. The molecular formula is C6H5BBrClO3. The number of halogens is 2. The zero-order valence-electron chi connectivity index (χ0n) is 5.83. The van der Waals surface area contributed by atoms with Crippen LogP contribution in [0.3, 0.4) is 0 Å². The van der Waals surface area contributed by atoms with Gasteiger partial charge in [-0.3, -0.25) is 0 Å². The minimum absolute atomic E-state index is 0.0916. The molecule has 0 aromatic heterocycles. The van der Waals surface area contributed by atoms with Gasteiger partial charge < -0.3 is 15.2 Å². The van der Waals surface area contributed by atoms with Gasteiger partial charge in [0.2, 0.25) is 0 Å². The second kappa shape index (κ2) is 3.66. The number of aromatic hydroxyl groups is 1. The molecule has 0 aliphatic carbocycles. The Bertz CT molecular complexity index is 305. The maximum absolute atomic E-state index is 9.30. The quantitative estimate of drug-likeness (QED) is 0.637. The first-order valence-electron chi connectivity index (χ1n) is 3.07. The van der Waals surface area contributed by atoms with Gasteiger partial charge in [0.05, 0.1) is 4.47 Å².